The van der Waals surface area contributed by atoms with Crippen LogP contribution in [0.4, 0.5) is 5.82 Å². The molecule has 0 bridgehead atoms. The topological polar surface area (TPSA) is 69.6 Å². The number of hydrogen-bond donors (Lipinski definition) is 1. The van der Waals surface area contributed by atoms with E-state index in [-0.39, 0.29) is 0 Å². The highest BCUT2D eigenvalue weighted by atomic mass is 15.1. The van der Waals surface area contributed by atoms with Crippen LogP contribution in [0.15, 0.2) is 12.7 Å². The Morgan fingerprint density at radius 1 is 0.950 bits per heavy atom. The molecule has 0 spiro atoms. The monoisotopic (exact) mass is 275 g/mol. The van der Waals surface area contributed by atoms with Crippen molar-refractivity contribution < 1.29 is 0 Å². The van der Waals surface area contributed by atoms with E-state index in [0.717, 1.165) is 12.2 Å². The van der Waals surface area contributed by atoms with Gasteiger partial charge < -0.3 is 10.3 Å². The maximum absolute atomic E-state index is 5.78. The Balaban J connectivity index is 1.70. The van der Waals surface area contributed by atoms with Gasteiger partial charge in [-0.05, 0) is 6.42 Å². The van der Waals surface area contributed by atoms with Crippen LogP contribution < -0.4 is 5.73 Å². The summed E-state index contributed by atoms with van der Waals surface area (Å²) in [6.45, 7) is 3.22. The summed E-state index contributed by atoms with van der Waals surface area (Å²) in [7, 11) is 0. The molecule has 110 valence electrons. The summed E-state index contributed by atoms with van der Waals surface area (Å²) in [5, 5.41) is 0. The number of nitrogens with two attached hydrogens (primary N) is 1. The van der Waals surface area contributed by atoms with E-state index in [0.29, 0.717) is 11.3 Å². The Kier molecular flexibility index (Phi) is 5.77. The van der Waals surface area contributed by atoms with Gasteiger partial charge in [0.1, 0.15) is 11.8 Å². The van der Waals surface area contributed by atoms with Crippen LogP contribution >= 0.6 is 0 Å². The minimum Gasteiger partial charge on any atom is -0.382 e. The number of aromatic nitrogens is 4. The van der Waals surface area contributed by atoms with E-state index in [1.807, 2.05) is 6.33 Å². The molecule has 5 heteroatoms. The number of imidazole rings is 1. The molecule has 0 amide bonds. The van der Waals surface area contributed by atoms with Crippen molar-refractivity contribution in [1.82, 2.24) is 19.5 Å². The molecule has 0 atom stereocenters. The van der Waals surface area contributed by atoms with Crippen molar-refractivity contribution in [3.05, 3.63) is 12.7 Å². The Labute approximate surface area is 120 Å². The smallest absolute Gasteiger partial charge is 0.165 e. The summed E-state index contributed by atoms with van der Waals surface area (Å²) >= 11 is 0. The van der Waals surface area contributed by atoms with Gasteiger partial charge >= 0.3 is 0 Å². The van der Waals surface area contributed by atoms with Crippen molar-refractivity contribution in [2.45, 2.75) is 64.8 Å². The van der Waals surface area contributed by atoms with Gasteiger partial charge in [0.05, 0.1) is 6.33 Å². The number of fused-ring (bicyclic) bond motifs is 1. The van der Waals surface area contributed by atoms with Crippen molar-refractivity contribution in [3.8, 4) is 0 Å². The third-order valence-corrected chi connectivity index (χ3v) is 3.68. The van der Waals surface area contributed by atoms with Gasteiger partial charge in [-0.2, -0.15) is 0 Å². The molecular formula is C15H25N5. The first kappa shape index (κ1) is 14.8. The summed E-state index contributed by atoms with van der Waals surface area (Å²) in [4.78, 5) is 12.5. The number of nitrogens with zero attached hydrogens (tertiary/aromatic N) is 4. The quantitative estimate of drug-likeness (QED) is 0.710. The normalized spacial score (nSPS) is 11.2. The van der Waals surface area contributed by atoms with Crippen molar-refractivity contribution in [1.29, 1.82) is 0 Å². The average Bonchev–Trinajstić information content (AvgIpc) is 2.87. The van der Waals surface area contributed by atoms with Gasteiger partial charge in [0.25, 0.3) is 0 Å². The van der Waals surface area contributed by atoms with E-state index in [1.165, 1.54) is 57.7 Å². The summed E-state index contributed by atoms with van der Waals surface area (Å²) < 4.78 is 2.07. The van der Waals surface area contributed by atoms with Crippen molar-refractivity contribution in [2.24, 2.45) is 0 Å². The summed E-state index contributed by atoms with van der Waals surface area (Å²) in [5.74, 6) is 0.463. The third-order valence-electron chi connectivity index (χ3n) is 3.68. The molecule has 0 unspecified atom stereocenters. The molecule has 0 aliphatic heterocycles. The standard InChI is InChI=1S/C15H25N5/c1-2-3-4-5-6-7-8-9-10-20-12-19-13-14(16)17-11-18-15(13)20/h11-12H,2-10H2,1H3,(H2,16,17,18). The van der Waals surface area contributed by atoms with E-state index < -0.39 is 0 Å². The molecule has 0 radical (unpaired) electrons. The molecule has 0 fully saturated rings. The number of hydrogen-bond acceptors (Lipinski definition) is 4. The lowest BCUT2D eigenvalue weighted by atomic mass is 10.1. The SMILES string of the molecule is CCCCCCCCCCn1cnc2c(N)ncnc21. The second kappa shape index (κ2) is 7.82. The summed E-state index contributed by atoms with van der Waals surface area (Å²) in [5.41, 5.74) is 7.34. The van der Waals surface area contributed by atoms with Crippen LogP contribution in [0, 0.1) is 0 Å². The van der Waals surface area contributed by atoms with Crippen LogP contribution in [0.1, 0.15) is 58.3 Å². The van der Waals surface area contributed by atoms with Gasteiger partial charge in [-0.3, -0.25) is 0 Å². The highest BCUT2D eigenvalue weighted by Gasteiger charge is 2.06. The van der Waals surface area contributed by atoms with E-state index in [9.17, 15) is 0 Å². The molecule has 5 nitrogen and oxygen atoms in total. The largest absolute Gasteiger partial charge is 0.382 e. The molecule has 0 saturated heterocycles. The fourth-order valence-corrected chi connectivity index (χ4v) is 2.48. The van der Waals surface area contributed by atoms with Gasteiger partial charge in [0, 0.05) is 6.54 Å². The summed E-state index contributed by atoms with van der Waals surface area (Å²) in [6, 6.07) is 0. The molecular weight excluding hydrogens is 250 g/mol. The Morgan fingerprint density at radius 2 is 1.65 bits per heavy atom. The number of unbranched alkanes of at least 4 members (excludes halogenated alkanes) is 7. The Bertz CT molecular complexity index is 520. The molecule has 0 saturated carbocycles. The molecule has 0 aliphatic rings. The minimum absolute atomic E-state index is 0.463. The molecule has 2 heterocycles. The molecule has 2 aromatic rings. The third kappa shape index (κ3) is 3.92. The second-order valence-electron chi connectivity index (χ2n) is 5.34. The number of rotatable bonds is 9. The maximum atomic E-state index is 5.78. The minimum atomic E-state index is 0.463. The van der Waals surface area contributed by atoms with E-state index >= 15 is 0 Å². The van der Waals surface area contributed by atoms with Crippen molar-refractivity contribution in [2.75, 3.05) is 5.73 Å². The zero-order chi connectivity index (χ0) is 14.2. The highest BCUT2D eigenvalue weighted by molar-refractivity contribution is 5.80. The van der Waals surface area contributed by atoms with Crippen LogP contribution in [0.2, 0.25) is 0 Å². The van der Waals surface area contributed by atoms with Gasteiger partial charge in [-0.25, -0.2) is 15.0 Å². The fourth-order valence-electron chi connectivity index (χ4n) is 2.48. The van der Waals surface area contributed by atoms with Crippen molar-refractivity contribution in [3.63, 3.8) is 0 Å². The molecule has 2 N–H and O–H groups in total. The van der Waals surface area contributed by atoms with Gasteiger partial charge in [0.15, 0.2) is 11.5 Å². The number of aryl methyl sites for hydroxylation is 1. The summed E-state index contributed by atoms with van der Waals surface area (Å²) in [6.07, 6.45) is 13.9. The second-order valence-corrected chi connectivity index (χ2v) is 5.34. The molecule has 0 aromatic carbocycles. The first-order valence-electron chi connectivity index (χ1n) is 7.74. The Hall–Kier alpha value is -1.65. The van der Waals surface area contributed by atoms with E-state index in [2.05, 4.69) is 26.4 Å². The average molecular weight is 275 g/mol. The van der Waals surface area contributed by atoms with Crippen molar-refractivity contribution >= 4 is 17.0 Å². The number of nitrogen functional groups attached to an aromatic ring is 1. The zero-order valence-corrected chi connectivity index (χ0v) is 12.4. The molecule has 2 aromatic heterocycles. The maximum Gasteiger partial charge on any atom is 0.165 e. The Morgan fingerprint density at radius 3 is 2.40 bits per heavy atom. The predicted octanol–water partition coefficient (Wildman–Crippen LogP) is 3.55. The van der Waals surface area contributed by atoms with Crippen LogP contribution in [-0.2, 0) is 6.54 Å². The first-order chi connectivity index (χ1) is 9.83. The lowest BCUT2D eigenvalue weighted by Gasteiger charge is -2.04. The van der Waals surface area contributed by atoms with Gasteiger partial charge in [0.2, 0.25) is 0 Å². The highest BCUT2D eigenvalue weighted by Crippen LogP contribution is 2.15. The molecule has 0 aliphatic carbocycles. The lowest BCUT2D eigenvalue weighted by Crippen LogP contribution is -1.99. The zero-order valence-electron chi connectivity index (χ0n) is 12.4. The van der Waals surface area contributed by atoms with Crippen LogP contribution in [0.25, 0.3) is 11.2 Å². The van der Waals surface area contributed by atoms with E-state index in [1.54, 1.807) is 0 Å². The number of anilines is 1. The van der Waals surface area contributed by atoms with Gasteiger partial charge in [-0.15, -0.1) is 0 Å². The van der Waals surface area contributed by atoms with Crippen LogP contribution in [0.5, 0.6) is 0 Å². The lowest BCUT2D eigenvalue weighted by molar-refractivity contribution is 0.547. The predicted molar refractivity (Wildman–Crippen MR) is 82.3 cm³/mol. The van der Waals surface area contributed by atoms with E-state index in [4.69, 9.17) is 5.73 Å². The fraction of sp³-hybridized carbons (Fsp3) is 0.667. The first-order valence-corrected chi connectivity index (χ1v) is 7.74. The van der Waals surface area contributed by atoms with Crippen LogP contribution in [-0.4, -0.2) is 19.5 Å². The molecule has 2 rings (SSSR count). The van der Waals surface area contributed by atoms with Crippen LogP contribution in [0.3, 0.4) is 0 Å². The molecule has 20 heavy (non-hydrogen) atoms. The van der Waals surface area contributed by atoms with Gasteiger partial charge in [-0.1, -0.05) is 51.9 Å².